The summed E-state index contributed by atoms with van der Waals surface area (Å²) in [4.78, 5) is 63.9. The Morgan fingerprint density at radius 1 is 0.900 bits per heavy atom. The van der Waals surface area contributed by atoms with E-state index >= 15 is 0 Å². The summed E-state index contributed by atoms with van der Waals surface area (Å²) in [5.74, 6) is -1.06. The number of aromatic nitrogens is 1. The fourth-order valence-electron chi connectivity index (χ4n) is 6.91. The van der Waals surface area contributed by atoms with Gasteiger partial charge in [0.2, 0.25) is 0 Å². The number of ether oxygens (including phenoxy) is 3. The minimum atomic E-state index is -1.02. The maximum atomic E-state index is 14.0. The van der Waals surface area contributed by atoms with Crippen molar-refractivity contribution in [1.29, 1.82) is 0 Å². The van der Waals surface area contributed by atoms with Crippen LogP contribution < -0.4 is 21.1 Å². The lowest BCUT2D eigenvalue weighted by Crippen LogP contribution is -2.71. The molecule has 0 spiro atoms. The van der Waals surface area contributed by atoms with Crippen LogP contribution in [0.1, 0.15) is 27.9 Å². The Labute approximate surface area is 354 Å². The predicted octanol–water partition coefficient (Wildman–Crippen LogP) is 5.96. The fourth-order valence-corrected chi connectivity index (χ4v) is 8.98. The molecule has 306 valence electrons. The molecule has 0 bridgehead atoms. The summed E-state index contributed by atoms with van der Waals surface area (Å²) >= 11 is 2.62. The number of thioether (sulfide) groups is 1. The van der Waals surface area contributed by atoms with Crippen molar-refractivity contribution < 1.29 is 38.2 Å². The van der Waals surface area contributed by atoms with Gasteiger partial charge in [0, 0.05) is 11.1 Å². The lowest BCUT2D eigenvalue weighted by atomic mass is 9.77. The normalized spacial score (nSPS) is 16.4. The molecule has 1 fully saturated rings. The standard InChI is InChI=1S/C44H40N6O8S2/c1-55-33-22-20-28(21-23-33)25-58-41(53)37-29(13-12-24-57-42(45)54)26-59-40-36(39(52)50(37)40)47-38(51)35(49-56-2)34-27-60-43(46-34)48-44(30-14-6-3-7-15-30,31-16-8-4-9-17-31)32-18-10-5-11-19-32/h3-23,27,36,40H,24-26H2,1-2H3,(H2,45,54)(H,46,48)(H,47,51)/t36?,40-/m0/s1. The third-order valence-corrected chi connectivity index (χ3v) is 11.8. The number of primary amides is 1. The van der Waals surface area contributed by atoms with Gasteiger partial charge in [-0.25, -0.2) is 14.6 Å². The number of hydrogen-bond donors (Lipinski definition) is 3. The number of amides is 3. The van der Waals surface area contributed by atoms with E-state index in [1.165, 1.54) is 41.2 Å². The quantitative estimate of drug-likeness (QED) is 0.0351. The molecule has 3 amide bonds. The molecule has 0 aliphatic carbocycles. The first-order valence-corrected chi connectivity index (χ1v) is 20.6. The van der Waals surface area contributed by atoms with Crippen LogP contribution in [0.15, 0.2) is 149 Å². The van der Waals surface area contributed by atoms with Crippen molar-refractivity contribution in [1.82, 2.24) is 15.2 Å². The molecule has 16 heteroatoms. The minimum Gasteiger partial charge on any atom is -0.497 e. The van der Waals surface area contributed by atoms with Crippen LogP contribution in [0.2, 0.25) is 0 Å². The lowest BCUT2D eigenvalue weighted by Gasteiger charge is -2.49. The van der Waals surface area contributed by atoms with Gasteiger partial charge < -0.3 is 35.4 Å². The molecule has 14 nitrogen and oxygen atoms in total. The van der Waals surface area contributed by atoms with E-state index in [9.17, 15) is 19.2 Å². The second-order valence-electron chi connectivity index (χ2n) is 13.3. The molecule has 5 aromatic rings. The number of β-lactam (4-membered cyclic amide) rings is 1. The molecule has 1 unspecified atom stereocenters. The molecule has 1 aromatic heterocycles. The molecule has 60 heavy (non-hydrogen) atoms. The highest BCUT2D eigenvalue weighted by Gasteiger charge is 2.54. The molecule has 3 heterocycles. The maximum Gasteiger partial charge on any atom is 0.404 e. The van der Waals surface area contributed by atoms with Gasteiger partial charge in [0.15, 0.2) is 10.8 Å². The summed E-state index contributed by atoms with van der Waals surface area (Å²) in [6.45, 7) is -0.215. The summed E-state index contributed by atoms with van der Waals surface area (Å²) in [6, 6.07) is 36.1. The first kappa shape index (κ1) is 41.3. The summed E-state index contributed by atoms with van der Waals surface area (Å²) in [7, 11) is 2.87. The number of methoxy groups -OCH3 is 1. The van der Waals surface area contributed by atoms with E-state index in [0.717, 1.165) is 16.7 Å². The molecule has 4 aromatic carbocycles. The molecule has 0 radical (unpaired) electrons. The van der Waals surface area contributed by atoms with E-state index in [0.29, 0.717) is 22.0 Å². The van der Waals surface area contributed by atoms with Crippen LogP contribution in [0.3, 0.4) is 0 Å². The first-order valence-electron chi connectivity index (χ1n) is 18.6. The number of nitrogens with two attached hydrogens (primary N) is 1. The van der Waals surface area contributed by atoms with Gasteiger partial charge in [-0.2, -0.15) is 0 Å². The number of rotatable bonds is 16. The van der Waals surface area contributed by atoms with Gasteiger partial charge in [-0.05, 0) is 46.0 Å². The van der Waals surface area contributed by atoms with Gasteiger partial charge in [0.05, 0.1) is 7.11 Å². The van der Waals surface area contributed by atoms with Crippen molar-refractivity contribution in [2.75, 3.05) is 31.9 Å². The van der Waals surface area contributed by atoms with E-state index in [1.54, 1.807) is 42.8 Å². The minimum absolute atomic E-state index is 0.0119. The Bertz CT molecular complexity index is 2330. The van der Waals surface area contributed by atoms with Crippen LogP contribution in [0.5, 0.6) is 5.75 Å². The highest BCUT2D eigenvalue weighted by Crippen LogP contribution is 2.42. The predicted molar refractivity (Wildman–Crippen MR) is 228 cm³/mol. The second kappa shape index (κ2) is 18.8. The zero-order valence-electron chi connectivity index (χ0n) is 32.5. The molecular weight excluding hydrogens is 805 g/mol. The summed E-state index contributed by atoms with van der Waals surface area (Å²) in [5, 5.41) is 12.1. The SMILES string of the molecule is CON=C(C(=O)NC1C(=O)N2C(C(=O)OCc3ccc(OC)cc3)=C(C=CCOC(N)=O)CS[C@@H]12)c1csc(NC(c2ccccc2)(c2ccccc2)c2ccccc2)n1. The van der Waals surface area contributed by atoms with E-state index in [2.05, 4.69) is 15.8 Å². The van der Waals surface area contributed by atoms with Gasteiger partial charge in [-0.3, -0.25) is 14.5 Å². The number of carbonyl (C=O) groups excluding carboxylic acids is 4. The zero-order chi connectivity index (χ0) is 42.1. The van der Waals surface area contributed by atoms with Crippen molar-refractivity contribution in [3.8, 4) is 5.75 Å². The maximum absolute atomic E-state index is 14.0. The van der Waals surface area contributed by atoms with Crippen LogP contribution in [-0.4, -0.2) is 77.5 Å². The number of thiazole rings is 1. The molecular formula is C44H40N6O8S2. The van der Waals surface area contributed by atoms with Crippen LogP contribution in [0, 0.1) is 0 Å². The molecule has 7 rings (SSSR count). The number of allylic oxidation sites excluding steroid dienone is 1. The third kappa shape index (κ3) is 8.74. The highest BCUT2D eigenvalue weighted by molar-refractivity contribution is 8.00. The van der Waals surface area contributed by atoms with Crippen LogP contribution >= 0.6 is 23.1 Å². The molecule has 4 N–H and O–H groups in total. The number of fused-ring (bicyclic) bond motifs is 1. The van der Waals surface area contributed by atoms with Crippen molar-refractivity contribution in [3.63, 3.8) is 0 Å². The van der Waals surface area contributed by atoms with Crippen molar-refractivity contribution >= 4 is 57.8 Å². The molecule has 2 aliphatic heterocycles. The average Bonchev–Trinajstić information content (AvgIpc) is 3.75. The van der Waals surface area contributed by atoms with Gasteiger partial charge in [-0.15, -0.1) is 23.1 Å². The van der Waals surface area contributed by atoms with Gasteiger partial charge >= 0.3 is 12.1 Å². The number of esters is 1. The highest BCUT2D eigenvalue weighted by atomic mass is 32.2. The second-order valence-corrected chi connectivity index (χ2v) is 15.3. The van der Waals surface area contributed by atoms with Crippen LogP contribution in [-0.2, 0) is 40.8 Å². The number of anilines is 1. The Morgan fingerprint density at radius 2 is 1.52 bits per heavy atom. The molecule has 1 saturated heterocycles. The van der Waals surface area contributed by atoms with Gasteiger partial charge in [-0.1, -0.05) is 114 Å². The topological polar surface area (TPSA) is 184 Å². The third-order valence-electron chi connectivity index (χ3n) is 9.71. The van der Waals surface area contributed by atoms with E-state index in [-0.39, 0.29) is 36.1 Å². The van der Waals surface area contributed by atoms with E-state index in [1.807, 2.05) is 91.0 Å². The number of carbonyl (C=O) groups is 4. The van der Waals surface area contributed by atoms with Crippen molar-refractivity contribution in [3.05, 3.63) is 172 Å². The lowest BCUT2D eigenvalue weighted by molar-refractivity contribution is -0.153. The van der Waals surface area contributed by atoms with E-state index < -0.39 is 40.8 Å². The first-order chi connectivity index (χ1) is 29.2. The Hall–Kier alpha value is -6.91. The van der Waals surface area contributed by atoms with Gasteiger partial charge in [0.1, 0.15) is 54.4 Å². The number of nitrogens with one attached hydrogen (secondary N) is 2. The fraction of sp³-hybridized carbons (Fsp3) is 0.182. The van der Waals surface area contributed by atoms with Crippen LogP contribution in [0.4, 0.5) is 9.93 Å². The van der Waals surface area contributed by atoms with E-state index in [4.69, 9.17) is 29.8 Å². The Morgan fingerprint density at radius 3 is 2.08 bits per heavy atom. The molecule has 2 aliphatic rings. The number of hydrogen-bond acceptors (Lipinski definition) is 13. The number of benzene rings is 4. The summed E-state index contributed by atoms with van der Waals surface area (Å²) in [6.07, 6.45) is 2.13. The average molecular weight is 845 g/mol. The van der Waals surface area contributed by atoms with Gasteiger partial charge in [0.25, 0.3) is 11.8 Å². The summed E-state index contributed by atoms with van der Waals surface area (Å²) < 4.78 is 15.7. The number of oxime groups is 1. The molecule has 2 atom stereocenters. The number of nitrogens with zero attached hydrogens (tertiary/aromatic N) is 3. The monoisotopic (exact) mass is 844 g/mol. The Balaban J connectivity index is 1.12. The summed E-state index contributed by atoms with van der Waals surface area (Å²) in [5.41, 5.74) is 8.37. The van der Waals surface area contributed by atoms with Crippen molar-refractivity contribution in [2.45, 2.75) is 23.6 Å². The van der Waals surface area contributed by atoms with Crippen molar-refractivity contribution in [2.24, 2.45) is 10.9 Å². The zero-order valence-corrected chi connectivity index (χ0v) is 34.1. The largest absolute Gasteiger partial charge is 0.497 e. The Kier molecular flexibility index (Phi) is 12.9. The molecule has 0 saturated carbocycles. The van der Waals surface area contributed by atoms with Crippen LogP contribution in [0.25, 0.3) is 0 Å². The smallest absolute Gasteiger partial charge is 0.404 e.